The Morgan fingerprint density at radius 2 is 2.00 bits per heavy atom. The number of amides is 1. The molecule has 1 amide bonds. The van der Waals surface area contributed by atoms with Crippen molar-refractivity contribution in [2.75, 3.05) is 12.8 Å². The predicted molar refractivity (Wildman–Crippen MR) is 99.9 cm³/mol. The van der Waals surface area contributed by atoms with E-state index in [1.165, 1.54) is 11.8 Å². The van der Waals surface area contributed by atoms with E-state index < -0.39 is 0 Å². The summed E-state index contributed by atoms with van der Waals surface area (Å²) in [7, 11) is 1.73. The van der Waals surface area contributed by atoms with E-state index in [0.717, 1.165) is 16.8 Å². The number of hydrogen-bond acceptors (Lipinski definition) is 5. The molecule has 1 aromatic carbocycles. The largest absolute Gasteiger partial charge is 0.399 e. The predicted octanol–water partition coefficient (Wildman–Crippen LogP) is 3.60. The van der Waals surface area contributed by atoms with Gasteiger partial charge in [0.25, 0.3) is 5.91 Å². The number of nitrogens with two attached hydrogens (primary N) is 1. The van der Waals surface area contributed by atoms with Gasteiger partial charge in [-0.25, -0.2) is 9.98 Å². The van der Waals surface area contributed by atoms with E-state index in [9.17, 15) is 4.79 Å². The Hall–Kier alpha value is -2.60. The van der Waals surface area contributed by atoms with Gasteiger partial charge in [-0.3, -0.25) is 9.69 Å². The maximum atomic E-state index is 12.6. The fourth-order valence-corrected chi connectivity index (χ4v) is 3.41. The number of nitrogens with zero attached hydrogens (tertiary/aromatic N) is 3. The Morgan fingerprint density at radius 1 is 1.25 bits per heavy atom. The highest BCUT2D eigenvalue weighted by molar-refractivity contribution is 8.18. The van der Waals surface area contributed by atoms with Crippen molar-refractivity contribution in [3.05, 3.63) is 58.6 Å². The van der Waals surface area contributed by atoms with Crippen LogP contribution in [0.3, 0.4) is 0 Å². The molecule has 1 aromatic heterocycles. The van der Waals surface area contributed by atoms with Crippen LogP contribution in [0.1, 0.15) is 18.2 Å². The smallest absolute Gasteiger partial charge is 0.266 e. The Labute approximate surface area is 145 Å². The van der Waals surface area contributed by atoms with Crippen molar-refractivity contribution in [1.82, 2.24) is 9.88 Å². The molecule has 0 atom stereocenters. The number of aryl methyl sites for hydroxylation is 1. The first kappa shape index (κ1) is 16.3. The van der Waals surface area contributed by atoms with E-state index in [1.54, 1.807) is 11.9 Å². The van der Waals surface area contributed by atoms with Crippen LogP contribution in [0, 0.1) is 6.92 Å². The first-order valence-corrected chi connectivity index (χ1v) is 8.32. The Kier molecular flexibility index (Phi) is 4.40. The summed E-state index contributed by atoms with van der Waals surface area (Å²) in [5.74, 6) is 0.534. The highest BCUT2D eigenvalue weighted by atomic mass is 32.2. The maximum Gasteiger partial charge on any atom is 0.266 e. The van der Waals surface area contributed by atoms with Gasteiger partial charge in [0, 0.05) is 18.4 Å². The fourth-order valence-electron chi connectivity index (χ4n) is 2.37. The molecule has 1 aliphatic heterocycles. The number of benzene rings is 1. The van der Waals surface area contributed by atoms with Crippen molar-refractivity contribution in [1.29, 1.82) is 0 Å². The summed E-state index contributed by atoms with van der Waals surface area (Å²) in [4.78, 5) is 23.7. The molecule has 1 aliphatic rings. The lowest BCUT2D eigenvalue weighted by molar-refractivity contribution is -0.121. The number of hydrogen-bond donors (Lipinski definition) is 1. The molecule has 0 radical (unpaired) electrons. The van der Waals surface area contributed by atoms with Crippen molar-refractivity contribution >= 4 is 39.9 Å². The molecule has 0 bridgehead atoms. The zero-order chi connectivity index (χ0) is 17.3. The number of likely N-dealkylation sites (N-methyl/N-ethyl adjacent to an activating group) is 1. The van der Waals surface area contributed by atoms with Crippen molar-refractivity contribution in [3.63, 3.8) is 0 Å². The van der Waals surface area contributed by atoms with Crippen LogP contribution < -0.4 is 5.73 Å². The van der Waals surface area contributed by atoms with Gasteiger partial charge in [-0.2, -0.15) is 0 Å². The quantitative estimate of drug-likeness (QED) is 0.671. The number of nitrogen functional groups attached to an aromatic ring is 1. The second kappa shape index (κ2) is 6.49. The van der Waals surface area contributed by atoms with Gasteiger partial charge in [-0.1, -0.05) is 18.2 Å². The van der Waals surface area contributed by atoms with Gasteiger partial charge in [0.2, 0.25) is 0 Å². The molecule has 0 saturated carbocycles. The van der Waals surface area contributed by atoms with Crippen LogP contribution in [0.5, 0.6) is 0 Å². The first-order chi connectivity index (χ1) is 11.5. The summed E-state index contributed by atoms with van der Waals surface area (Å²) in [5, 5.41) is 0.622. The van der Waals surface area contributed by atoms with Crippen LogP contribution in [0.25, 0.3) is 5.57 Å². The molecule has 3 rings (SSSR count). The lowest BCUT2D eigenvalue weighted by atomic mass is 10.1. The molecule has 0 aliphatic carbocycles. The number of aromatic nitrogens is 1. The number of pyridine rings is 1. The average molecular weight is 338 g/mol. The summed E-state index contributed by atoms with van der Waals surface area (Å²) in [6.45, 7) is 3.84. The average Bonchev–Trinajstić information content (AvgIpc) is 2.83. The van der Waals surface area contributed by atoms with E-state index in [1.807, 2.05) is 56.3 Å². The third-order valence-corrected chi connectivity index (χ3v) is 4.96. The summed E-state index contributed by atoms with van der Waals surface area (Å²) >= 11 is 1.36. The summed E-state index contributed by atoms with van der Waals surface area (Å²) in [6, 6.07) is 13.2. The zero-order valence-corrected chi connectivity index (χ0v) is 14.6. The summed E-state index contributed by atoms with van der Waals surface area (Å²) < 4.78 is 0. The number of rotatable bonds is 2. The van der Waals surface area contributed by atoms with Crippen LogP contribution in [0.4, 0.5) is 11.5 Å². The molecule has 6 heteroatoms. The fraction of sp³-hybridized carbons (Fsp3) is 0.167. The molecule has 2 heterocycles. The van der Waals surface area contributed by atoms with Crippen molar-refractivity contribution in [3.8, 4) is 0 Å². The highest BCUT2D eigenvalue weighted by Gasteiger charge is 2.32. The normalized spacial score (nSPS) is 18.4. The Morgan fingerprint density at radius 3 is 2.71 bits per heavy atom. The van der Waals surface area contributed by atoms with E-state index in [4.69, 9.17) is 5.73 Å². The number of allylic oxidation sites excluding steroid dienone is 1. The van der Waals surface area contributed by atoms with Gasteiger partial charge in [0.1, 0.15) is 0 Å². The third-order valence-electron chi connectivity index (χ3n) is 3.72. The molecular formula is C18H18N4OS. The maximum absolute atomic E-state index is 12.6. The molecule has 1 saturated heterocycles. The number of amidine groups is 1. The molecular weight excluding hydrogens is 320 g/mol. The van der Waals surface area contributed by atoms with Gasteiger partial charge in [-0.15, -0.1) is 0 Å². The van der Waals surface area contributed by atoms with Crippen LogP contribution in [0.2, 0.25) is 0 Å². The lowest BCUT2D eigenvalue weighted by Crippen LogP contribution is -2.24. The van der Waals surface area contributed by atoms with Gasteiger partial charge >= 0.3 is 0 Å². The Balaban J connectivity index is 1.98. The molecule has 5 nitrogen and oxygen atoms in total. The van der Waals surface area contributed by atoms with Gasteiger partial charge in [0.15, 0.2) is 11.0 Å². The van der Waals surface area contributed by atoms with Crippen LogP contribution >= 0.6 is 11.8 Å². The molecule has 1 fully saturated rings. The number of carbonyl (C=O) groups is 1. The van der Waals surface area contributed by atoms with E-state index in [0.29, 0.717) is 21.6 Å². The van der Waals surface area contributed by atoms with Gasteiger partial charge in [-0.05, 0) is 61.0 Å². The summed E-state index contributed by atoms with van der Waals surface area (Å²) in [5.41, 5.74) is 9.24. The monoisotopic (exact) mass is 338 g/mol. The second-order valence-electron chi connectivity index (χ2n) is 5.58. The highest BCUT2D eigenvalue weighted by Crippen LogP contribution is 2.36. The standard InChI is InChI=1S/C18H18N4OS/c1-11-6-4-9-15(20-11)21-18-22(3)17(23)16(24-18)12(2)13-7-5-8-14(19)10-13/h4-10H,19H2,1-3H3/b16-12-,21-18+. The van der Waals surface area contributed by atoms with E-state index in [-0.39, 0.29) is 5.91 Å². The van der Waals surface area contributed by atoms with Crippen molar-refractivity contribution in [2.24, 2.45) is 4.99 Å². The number of aliphatic imine (C=N–C) groups is 1. The number of carbonyl (C=O) groups excluding carboxylic acids is 1. The van der Waals surface area contributed by atoms with Gasteiger partial charge in [0.05, 0.1) is 4.91 Å². The second-order valence-corrected chi connectivity index (χ2v) is 6.55. The number of anilines is 1. The molecule has 24 heavy (non-hydrogen) atoms. The minimum atomic E-state index is -0.0636. The molecule has 122 valence electrons. The minimum absolute atomic E-state index is 0.0636. The third kappa shape index (κ3) is 3.19. The SMILES string of the molecule is C/C(=C1/S/C(=N/c2cccc(C)n2)N(C)C1=O)c1cccc(N)c1. The topological polar surface area (TPSA) is 71.6 Å². The minimum Gasteiger partial charge on any atom is -0.399 e. The van der Waals surface area contributed by atoms with Crippen LogP contribution in [0.15, 0.2) is 52.4 Å². The van der Waals surface area contributed by atoms with Crippen molar-refractivity contribution in [2.45, 2.75) is 13.8 Å². The van der Waals surface area contributed by atoms with Gasteiger partial charge < -0.3 is 5.73 Å². The summed E-state index contributed by atoms with van der Waals surface area (Å²) in [6.07, 6.45) is 0. The molecule has 2 aromatic rings. The van der Waals surface area contributed by atoms with Crippen LogP contribution in [-0.4, -0.2) is 28.0 Å². The zero-order valence-electron chi connectivity index (χ0n) is 13.8. The molecule has 0 unspecified atom stereocenters. The van der Waals surface area contributed by atoms with E-state index in [2.05, 4.69) is 9.98 Å². The van der Waals surface area contributed by atoms with Crippen LogP contribution in [-0.2, 0) is 4.79 Å². The van der Waals surface area contributed by atoms with E-state index >= 15 is 0 Å². The molecule has 0 spiro atoms. The lowest BCUT2D eigenvalue weighted by Gasteiger charge is -2.07. The number of thioether (sulfide) groups is 1. The first-order valence-electron chi connectivity index (χ1n) is 7.51. The van der Waals surface area contributed by atoms with Crippen molar-refractivity contribution < 1.29 is 4.79 Å². The molecule has 2 N–H and O–H groups in total. The Bertz CT molecular complexity index is 873.